The van der Waals surface area contributed by atoms with Crippen molar-refractivity contribution in [2.75, 3.05) is 23.1 Å². The number of hydrogen-bond donors (Lipinski definition) is 2. The van der Waals surface area contributed by atoms with Gasteiger partial charge in [-0.15, -0.1) is 0 Å². The SMILES string of the molecule is COc1ccc(CNc2ncnc(N(Cc3ccccc3)c3ccccn3)c2N)cc1. The average Bonchev–Trinajstić information content (AvgIpc) is 2.84. The van der Waals surface area contributed by atoms with Crippen LogP contribution < -0.4 is 20.7 Å². The predicted octanol–water partition coefficient (Wildman–Crippen LogP) is 4.41. The molecule has 4 aromatic rings. The molecule has 3 N–H and O–H groups in total. The van der Waals surface area contributed by atoms with Crippen LogP contribution >= 0.6 is 0 Å². The molecule has 0 atom stereocenters. The van der Waals surface area contributed by atoms with Gasteiger partial charge in [-0.1, -0.05) is 48.5 Å². The lowest BCUT2D eigenvalue weighted by Crippen LogP contribution is -2.21. The molecule has 7 nitrogen and oxygen atoms in total. The molecular formula is C24H24N6O. The summed E-state index contributed by atoms with van der Waals surface area (Å²) in [6.45, 7) is 1.16. The Hall–Kier alpha value is -4.13. The fourth-order valence-electron chi connectivity index (χ4n) is 3.22. The maximum atomic E-state index is 6.51. The number of nitrogens with zero attached hydrogens (tertiary/aromatic N) is 4. The first-order valence-electron chi connectivity index (χ1n) is 9.94. The lowest BCUT2D eigenvalue weighted by Gasteiger charge is -2.25. The molecule has 2 aromatic heterocycles. The Kier molecular flexibility index (Phi) is 6.23. The molecule has 31 heavy (non-hydrogen) atoms. The van der Waals surface area contributed by atoms with Gasteiger partial charge in [0.1, 0.15) is 23.6 Å². The summed E-state index contributed by atoms with van der Waals surface area (Å²) in [6.07, 6.45) is 3.27. The maximum Gasteiger partial charge on any atom is 0.163 e. The van der Waals surface area contributed by atoms with Crippen LogP contribution in [0.3, 0.4) is 0 Å². The average molecular weight is 412 g/mol. The summed E-state index contributed by atoms with van der Waals surface area (Å²) in [6, 6.07) is 23.8. The summed E-state index contributed by atoms with van der Waals surface area (Å²) in [5.41, 5.74) is 9.19. The van der Waals surface area contributed by atoms with Gasteiger partial charge in [0.2, 0.25) is 0 Å². The highest BCUT2D eigenvalue weighted by molar-refractivity contribution is 5.78. The minimum Gasteiger partial charge on any atom is -0.497 e. The molecule has 0 aliphatic carbocycles. The zero-order chi connectivity index (χ0) is 21.5. The van der Waals surface area contributed by atoms with Crippen molar-refractivity contribution in [1.82, 2.24) is 15.0 Å². The fraction of sp³-hybridized carbons (Fsp3) is 0.125. The quantitative estimate of drug-likeness (QED) is 0.443. The highest BCUT2D eigenvalue weighted by Gasteiger charge is 2.18. The number of pyridine rings is 1. The van der Waals surface area contributed by atoms with E-state index in [0.29, 0.717) is 30.4 Å². The lowest BCUT2D eigenvalue weighted by molar-refractivity contribution is 0.414. The van der Waals surface area contributed by atoms with Gasteiger partial charge in [-0.2, -0.15) is 0 Å². The van der Waals surface area contributed by atoms with E-state index in [-0.39, 0.29) is 0 Å². The number of aromatic nitrogens is 3. The monoisotopic (exact) mass is 412 g/mol. The Labute approximate surface area is 181 Å². The second-order valence-electron chi connectivity index (χ2n) is 6.92. The van der Waals surface area contributed by atoms with Crippen LogP contribution in [0.4, 0.5) is 23.1 Å². The highest BCUT2D eigenvalue weighted by Crippen LogP contribution is 2.32. The molecule has 0 radical (unpaired) electrons. The van der Waals surface area contributed by atoms with Crippen molar-refractivity contribution in [3.63, 3.8) is 0 Å². The van der Waals surface area contributed by atoms with Crippen LogP contribution in [-0.2, 0) is 13.1 Å². The van der Waals surface area contributed by atoms with E-state index < -0.39 is 0 Å². The zero-order valence-electron chi connectivity index (χ0n) is 17.3. The summed E-state index contributed by atoms with van der Waals surface area (Å²) in [7, 11) is 1.65. The number of nitrogen functional groups attached to an aromatic ring is 1. The molecule has 7 heteroatoms. The molecule has 0 spiro atoms. The summed E-state index contributed by atoms with van der Waals surface area (Å²) >= 11 is 0. The van der Waals surface area contributed by atoms with Crippen LogP contribution in [0.15, 0.2) is 85.3 Å². The molecule has 4 rings (SSSR count). The van der Waals surface area contributed by atoms with Crippen molar-refractivity contribution < 1.29 is 4.74 Å². The van der Waals surface area contributed by atoms with E-state index >= 15 is 0 Å². The smallest absolute Gasteiger partial charge is 0.163 e. The molecule has 0 saturated heterocycles. The van der Waals surface area contributed by atoms with Gasteiger partial charge >= 0.3 is 0 Å². The van der Waals surface area contributed by atoms with Gasteiger partial charge in [-0.3, -0.25) is 0 Å². The molecular weight excluding hydrogens is 388 g/mol. The van der Waals surface area contributed by atoms with Crippen LogP contribution in [0.25, 0.3) is 0 Å². The van der Waals surface area contributed by atoms with Gasteiger partial charge in [0, 0.05) is 12.7 Å². The number of anilines is 4. The number of nitrogens with two attached hydrogens (primary N) is 1. The number of hydrogen-bond acceptors (Lipinski definition) is 7. The van der Waals surface area contributed by atoms with E-state index in [9.17, 15) is 0 Å². The third kappa shape index (κ3) is 4.90. The summed E-state index contributed by atoms with van der Waals surface area (Å²) in [5, 5.41) is 3.31. The van der Waals surface area contributed by atoms with Gasteiger partial charge in [0.25, 0.3) is 0 Å². The van der Waals surface area contributed by atoms with Crippen LogP contribution in [0.2, 0.25) is 0 Å². The number of ether oxygens (including phenoxy) is 1. The molecule has 0 aliphatic heterocycles. The fourth-order valence-corrected chi connectivity index (χ4v) is 3.22. The van der Waals surface area contributed by atoms with Gasteiger partial charge in [-0.25, -0.2) is 15.0 Å². The van der Waals surface area contributed by atoms with Crippen LogP contribution in [0.5, 0.6) is 5.75 Å². The van der Waals surface area contributed by atoms with Crippen molar-refractivity contribution >= 4 is 23.1 Å². The highest BCUT2D eigenvalue weighted by atomic mass is 16.5. The third-order valence-electron chi connectivity index (χ3n) is 4.85. The maximum absolute atomic E-state index is 6.51. The Morgan fingerprint density at radius 3 is 2.35 bits per heavy atom. The van der Waals surface area contributed by atoms with E-state index in [1.807, 2.05) is 65.6 Å². The van der Waals surface area contributed by atoms with E-state index in [1.165, 1.54) is 6.33 Å². The van der Waals surface area contributed by atoms with Gasteiger partial charge < -0.3 is 20.7 Å². The molecule has 0 amide bonds. The van der Waals surface area contributed by atoms with Gasteiger partial charge in [0.15, 0.2) is 11.6 Å². The van der Waals surface area contributed by atoms with E-state index in [1.54, 1.807) is 13.3 Å². The Bertz CT molecular complexity index is 1100. The van der Waals surface area contributed by atoms with Crippen molar-refractivity contribution in [2.24, 2.45) is 0 Å². The van der Waals surface area contributed by atoms with Crippen molar-refractivity contribution in [1.29, 1.82) is 0 Å². The van der Waals surface area contributed by atoms with E-state index in [2.05, 4.69) is 32.4 Å². The number of nitrogens with one attached hydrogen (secondary N) is 1. The third-order valence-corrected chi connectivity index (χ3v) is 4.85. The number of rotatable bonds is 8. The second-order valence-corrected chi connectivity index (χ2v) is 6.92. The van der Waals surface area contributed by atoms with Crippen molar-refractivity contribution in [3.05, 3.63) is 96.4 Å². The standard InChI is InChI=1S/C24H24N6O/c1-31-20-12-10-18(11-13-20)15-27-23-22(25)24(29-17-28-23)30(21-9-5-6-14-26-21)16-19-7-3-2-4-8-19/h2-14,17H,15-16,25H2,1H3,(H,27,28,29). The molecule has 156 valence electrons. The van der Waals surface area contributed by atoms with Gasteiger partial charge in [-0.05, 0) is 35.4 Å². The number of benzene rings is 2. The van der Waals surface area contributed by atoms with E-state index in [4.69, 9.17) is 10.5 Å². The first kappa shape index (κ1) is 20.2. The molecule has 0 unspecified atom stereocenters. The molecule has 0 aliphatic rings. The minimum atomic E-state index is 0.470. The second kappa shape index (κ2) is 9.58. The van der Waals surface area contributed by atoms with Gasteiger partial charge in [0.05, 0.1) is 13.7 Å². The first-order chi connectivity index (χ1) is 15.2. The molecule has 2 heterocycles. The zero-order valence-corrected chi connectivity index (χ0v) is 17.3. The lowest BCUT2D eigenvalue weighted by atomic mass is 10.2. The Morgan fingerprint density at radius 2 is 1.65 bits per heavy atom. The van der Waals surface area contributed by atoms with Crippen molar-refractivity contribution in [3.8, 4) is 5.75 Å². The normalized spacial score (nSPS) is 10.5. The van der Waals surface area contributed by atoms with Crippen LogP contribution in [0, 0.1) is 0 Å². The molecule has 0 saturated carbocycles. The number of methoxy groups -OCH3 is 1. The summed E-state index contributed by atoms with van der Waals surface area (Å²) in [4.78, 5) is 15.3. The van der Waals surface area contributed by atoms with E-state index in [0.717, 1.165) is 22.7 Å². The van der Waals surface area contributed by atoms with Crippen LogP contribution in [-0.4, -0.2) is 22.1 Å². The Balaban J connectivity index is 1.61. The van der Waals surface area contributed by atoms with Crippen molar-refractivity contribution in [2.45, 2.75) is 13.1 Å². The minimum absolute atomic E-state index is 0.470. The molecule has 2 aromatic carbocycles. The topological polar surface area (TPSA) is 89.2 Å². The van der Waals surface area contributed by atoms with Crippen LogP contribution in [0.1, 0.15) is 11.1 Å². The molecule has 0 fully saturated rings. The summed E-state index contributed by atoms with van der Waals surface area (Å²) < 4.78 is 5.21. The predicted molar refractivity (Wildman–Crippen MR) is 123 cm³/mol. The Morgan fingerprint density at radius 1 is 0.871 bits per heavy atom. The first-order valence-corrected chi connectivity index (χ1v) is 9.94. The largest absolute Gasteiger partial charge is 0.497 e. The molecule has 0 bridgehead atoms. The summed E-state index contributed by atoms with van der Waals surface area (Å²) in [5.74, 6) is 2.77.